The van der Waals surface area contributed by atoms with Crippen LogP contribution in [-0.2, 0) is 17.8 Å². The van der Waals surface area contributed by atoms with E-state index in [-0.39, 0.29) is 11.8 Å². The Bertz CT molecular complexity index is 1200. The van der Waals surface area contributed by atoms with Crippen molar-refractivity contribution in [3.63, 3.8) is 0 Å². The van der Waals surface area contributed by atoms with Crippen molar-refractivity contribution in [2.75, 3.05) is 19.6 Å². The molecule has 3 heterocycles. The fraction of sp³-hybridized carbons (Fsp3) is 0.452. The minimum Gasteiger partial charge on any atom is -0.350 e. The highest BCUT2D eigenvalue weighted by atomic mass is 16.2. The Morgan fingerprint density at radius 3 is 2.66 bits per heavy atom. The monoisotopic (exact) mass is 467 g/mol. The van der Waals surface area contributed by atoms with Crippen molar-refractivity contribution in [3.05, 3.63) is 83.9 Å². The molecule has 3 aromatic rings. The highest BCUT2D eigenvalue weighted by molar-refractivity contribution is 5.89. The molecule has 0 aromatic heterocycles. The molecular formula is C31H37N3O. The molecule has 182 valence electrons. The number of fused-ring (bicyclic) bond motifs is 2. The van der Waals surface area contributed by atoms with Crippen molar-refractivity contribution in [3.8, 4) is 0 Å². The smallest absolute Gasteiger partial charge is 0.240 e. The summed E-state index contributed by atoms with van der Waals surface area (Å²) in [5.41, 5.74) is 2.01. The molecule has 1 aliphatic carbocycles. The summed E-state index contributed by atoms with van der Waals surface area (Å²) in [5.74, 6) is 2.35. The van der Waals surface area contributed by atoms with Crippen molar-refractivity contribution >= 4 is 16.7 Å². The van der Waals surface area contributed by atoms with Gasteiger partial charge in [0.1, 0.15) is 5.54 Å². The van der Waals surface area contributed by atoms with Gasteiger partial charge in [-0.15, -0.1) is 0 Å². The maximum atomic E-state index is 14.1. The molecule has 4 aliphatic rings. The molecule has 1 saturated carbocycles. The summed E-state index contributed by atoms with van der Waals surface area (Å²) in [5, 5.41) is 9.65. The van der Waals surface area contributed by atoms with Crippen molar-refractivity contribution in [2.45, 2.75) is 44.8 Å². The van der Waals surface area contributed by atoms with Crippen LogP contribution < -0.4 is 10.6 Å². The van der Waals surface area contributed by atoms with E-state index in [9.17, 15) is 4.79 Å². The van der Waals surface area contributed by atoms with E-state index in [2.05, 4.69) is 102 Å². The van der Waals surface area contributed by atoms with E-state index < -0.39 is 5.54 Å². The van der Waals surface area contributed by atoms with Gasteiger partial charge in [-0.1, -0.05) is 86.6 Å². The molecule has 2 N–H and O–H groups in total. The quantitative estimate of drug-likeness (QED) is 0.532. The lowest BCUT2D eigenvalue weighted by Gasteiger charge is -2.56. The second-order valence-corrected chi connectivity index (χ2v) is 11.4. The van der Waals surface area contributed by atoms with Gasteiger partial charge in [0.05, 0.1) is 0 Å². The zero-order valence-electron chi connectivity index (χ0n) is 20.9. The van der Waals surface area contributed by atoms with Gasteiger partial charge in [-0.05, 0) is 52.5 Å². The maximum absolute atomic E-state index is 14.1. The Balaban J connectivity index is 1.31. The van der Waals surface area contributed by atoms with Crippen LogP contribution in [0.3, 0.4) is 0 Å². The zero-order chi connectivity index (χ0) is 24.0. The third-order valence-corrected chi connectivity index (χ3v) is 8.84. The molecular weight excluding hydrogens is 430 g/mol. The number of carbonyl (C=O) groups excluding carboxylic acids is 1. The van der Waals surface area contributed by atoms with Gasteiger partial charge in [0.2, 0.25) is 5.91 Å². The molecule has 0 radical (unpaired) electrons. The fourth-order valence-electron chi connectivity index (χ4n) is 7.47. The van der Waals surface area contributed by atoms with E-state index in [4.69, 9.17) is 0 Å². The molecule has 4 heteroatoms. The maximum Gasteiger partial charge on any atom is 0.240 e. The van der Waals surface area contributed by atoms with Gasteiger partial charge in [0.25, 0.3) is 0 Å². The largest absolute Gasteiger partial charge is 0.350 e. The Hall–Kier alpha value is -2.69. The van der Waals surface area contributed by atoms with Gasteiger partial charge >= 0.3 is 0 Å². The molecule has 1 amide bonds. The van der Waals surface area contributed by atoms with Gasteiger partial charge in [-0.2, -0.15) is 0 Å². The molecule has 4 bridgehead atoms. The number of piperidine rings is 2. The van der Waals surface area contributed by atoms with E-state index in [1.807, 2.05) is 0 Å². The number of hydrogen-bond donors (Lipinski definition) is 2. The average molecular weight is 468 g/mol. The number of benzene rings is 3. The van der Waals surface area contributed by atoms with Gasteiger partial charge in [0.15, 0.2) is 0 Å². The van der Waals surface area contributed by atoms with Gasteiger partial charge in [0, 0.05) is 38.1 Å². The summed E-state index contributed by atoms with van der Waals surface area (Å²) >= 11 is 0. The lowest BCUT2D eigenvalue weighted by atomic mass is 9.58. The number of nitrogens with zero attached hydrogens (tertiary/aromatic N) is 1. The van der Waals surface area contributed by atoms with Crippen LogP contribution in [0.15, 0.2) is 72.8 Å². The topological polar surface area (TPSA) is 44.4 Å². The first kappa shape index (κ1) is 22.8. The van der Waals surface area contributed by atoms with E-state index in [1.54, 1.807) is 0 Å². The summed E-state index contributed by atoms with van der Waals surface area (Å²) < 4.78 is 0. The van der Waals surface area contributed by atoms with Crippen LogP contribution in [0.25, 0.3) is 10.8 Å². The van der Waals surface area contributed by atoms with Gasteiger partial charge < -0.3 is 10.6 Å². The number of hydrogen-bond acceptors (Lipinski definition) is 3. The van der Waals surface area contributed by atoms with E-state index in [0.29, 0.717) is 30.3 Å². The average Bonchev–Trinajstić information content (AvgIpc) is 3.17. The molecule has 4 fully saturated rings. The third kappa shape index (κ3) is 3.97. The van der Waals surface area contributed by atoms with Gasteiger partial charge in [-0.25, -0.2) is 0 Å². The Morgan fingerprint density at radius 1 is 1.06 bits per heavy atom. The number of amides is 1. The first-order valence-corrected chi connectivity index (χ1v) is 13.3. The van der Waals surface area contributed by atoms with E-state index >= 15 is 0 Å². The standard InChI is InChI=1S/C31H37N3O/c1-21(2)19-34-20-25-16-31(28(29(34)27(25)18-33-31)15-22-9-4-3-5-10-22)30(35)32-17-24-13-8-12-23-11-6-7-14-26(23)24/h3-14,21,25,27-29,33H,15-20H2,1-2H3,(H,32,35)/t25-,27-,28-,29+,31+/m1/s1. The SMILES string of the molecule is CC(C)CN1C[C@H]2C[C@]3(C(=O)NCc4cccc5ccccc45)NC[C@H]2[C@H]1[C@H]3Cc1ccccc1. The molecule has 7 rings (SSSR count). The summed E-state index contributed by atoms with van der Waals surface area (Å²) in [4.78, 5) is 16.9. The van der Waals surface area contributed by atoms with Crippen LogP contribution in [0.5, 0.6) is 0 Å². The molecule has 0 unspecified atom stereocenters. The second-order valence-electron chi connectivity index (χ2n) is 11.4. The minimum absolute atomic E-state index is 0.186. The van der Waals surface area contributed by atoms with Crippen LogP contribution in [0, 0.1) is 23.7 Å². The van der Waals surface area contributed by atoms with Crippen molar-refractivity contribution in [1.29, 1.82) is 0 Å². The molecule has 0 spiro atoms. The Labute approximate surface area is 209 Å². The molecule has 3 aromatic carbocycles. The number of likely N-dealkylation sites (tertiary alicyclic amines) is 1. The first-order valence-electron chi connectivity index (χ1n) is 13.3. The summed E-state index contributed by atoms with van der Waals surface area (Å²) in [6.45, 7) is 8.41. The molecule has 3 saturated heterocycles. The number of rotatable bonds is 7. The highest BCUT2D eigenvalue weighted by Crippen LogP contribution is 2.53. The number of carbonyl (C=O) groups is 1. The lowest BCUT2D eigenvalue weighted by Crippen LogP contribution is -2.74. The van der Waals surface area contributed by atoms with Crippen LogP contribution in [0.1, 0.15) is 31.4 Å². The zero-order valence-corrected chi connectivity index (χ0v) is 20.9. The second kappa shape index (κ2) is 9.07. The first-order chi connectivity index (χ1) is 17.0. The number of nitrogens with one attached hydrogen (secondary N) is 2. The van der Waals surface area contributed by atoms with Crippen LogP contribution >= 0.6 is 0 Å². The van der Waals surface area contributed by atoms with Crippen LogP contribution in [-0.4, -0.2) is 42.0 Å². The molecule has 3 aliphatic heterocycles. The predicted octanol–water partition coefficient (Wildman–Crippen LogP) is 4.63. The van der Waals surface area contributed by atoms with E-state index in [0.717, 1.165) is 32.5 Å². The van der Waals surface area contributed by atoms with E-state index in [1.165, 1.54) is 21.9 Å². The van der Waals surface area contributed by atoms with Crippen LogP contribution in [0.4, 0.5) is 0 Å². The minimum atomic E-state index is -0.504. The fourth-order valence-corrected chi connectivity index (χ4v) is 7.47. The van der Waals surface area contributed by atoms with Gasteiger partial charge in [-0.3, -0.25) is 9.69 Å². The highest BCUT2D eigenvalue weighted by Gasteiger charge is 2.64. The van der Waals surface area contributed by atoms with Crippen molar-refractivity contribution in [1.82, 2.24) is 15.5 Å². The third-order valence-electron chi connectivity index (χ3n) is 8.84. The van der Waals surface area contributed by atoms with Crippen LogP contribution in [0.2, 0.25) is 0 Å². The predicted molar refractivity (Wildman–Crippen MR) is 142 cm³/mol. The molecule has 4 nitrogen and oxygen atoms in total. The Morgan fingerprint density at radius 2 is 1.83 bits per heavy atom. The van der Waals surface area contributed by atoms with Crippen molar-refractivity contribution in [2.24, 2.45) is 23.7 Å². The lowest BCUT2D eigenvalue weighted by molar-refractivity contribution is -0.138. The summed E-state index contributed by atoms with van der Waals surface area (Å²) in [6, 6.07) is 26.1. The molecule has 35 heavy (non-hydrogen) atoms. The summed E-state index contributed by atoms with van der Waals surface area (Å²) in [6.07, 6.45) is 1.89. The van der Waals surface area contributed by atoms with Crippen molar-refractivity contribution < 1.29 is 4.79 Å². The Kier molecular flexibility index (Phi) is 5.90. The summed E-state index contributed by atoms with van der Waals surface area (Å²) in [7, 11) is 0. The normalized spacial score (nSPS) is 29.7. The molecule has 5 atom stereocenters.